The second-order valence-corrected chi connectivity index (χ2v) is 9.64. The normalized spacial score (nSPS) is 24.6. The Morgan fingerprint density at radius 3 is 2.67 bits per heavy atom. The van der Waals surface area contributed by atoms with E-state index in [1.54, 1.807) is 11.4 Å². The van der Waals surface area contributed by atoms with Crippen LogP contribution in [0.5, 0.6) is 0 Å². The number of ether oxygens (including phenoxy) is 1. The number of hydrogen-bond acceptors (Lipinski definition) is 5. The van der Waals surface area contributed by atoms with Gasteiger partial charge in [0.2, 0.25) is 10.0 Å². The molecular weight excluding hydrogens is 348 g/mol. The lowest BCUT2D eigenvalue weighted by Crippen LogP contribution is -2.47. The molecular formula is C16H24N2O4S2. The van der Waals surface area contributed by atoms with E-state index in [1.165, 1.54) is 17.6 Å². The minimum atomic E-state index is -3.14. The quantitative estimate of drug-likeness (QED) is 0.803. The summed E-state index contributed by atoms with van der Waals surface area (Å²) in [4.78, 5) is 14.6. The summed E-state index contributed by atoms with van der Waals surface area (Å²) < 4.78 is 30.5. The van der Waals surface area contributed by atoms with Gasteiger partial charge in [-0.2, -0.15) is 11.3 Å². The largest absolute Gasteiger partial charge is 0.384 e. The van der Waals surface area contributed by atoms with Gasteiger partial charge in [-0.1, -0.05) is 0 Å². The first-order valence-corrected chi connectivity index (χ1v) is 10.9. The third-order valence-electron chi connectivity index (χ3n) is 5.42. The molecule has 1 atom stereocenters. The number of hydrogen-bond donors (Lipinski definition) is 0. The first-order valence-electron chi connectivity index (χ1n) is 8.11. The highest BCUT2D eigenvalue weighted by Gasteiger charge is 2.50. The van der Waals surface area contributed by atoms with Crippen LogP contribution in [0.3, 0.4) is 0 Å². The van der Waals surface area contributed by atoms with Gasteiger partial charge >= 0.3 is 0 Å². The average Bonchev–Trinajstić information content (AvgIpc) is 3.16. The smallest absolute Gasteiger partial charge is 0.254 e. The van der Waals surface area contributed by atoms with Crippen LogP contribution in [0, 0.1) is 11.3 Å². The van der Waals surface area contributed by atoms with Crippen molar-refractivity contribution >= 4 is 27.3 Å². The fourth-order valence-electron chi connectivity index (χ4n) is 4.02. The molecule has 2 fully saturated rings. The van der Waals surface area contributed by atoms with Gasteiger partial charge in [0.15, 0.2) is 0 Å². The molecule has 1 aromatic heterocycles. The highest BCUT2D eigenvalue weighted by Crippen LogP contribution is 2.45. The van der Waals surface area contributed by atoms with Gasteiger partial charge in [-0.3, -0.25) is 4.79 Å². The van der Waals surface area contributed by atoms with Crippen molar-refractivity contribution < 1.29 is 17.9 Å². The number of carbonyl (C=O) groups is 1. The fourth-order valence-corrected chi connectivity index (χ4v) is 5.49. The molecule has 134 valence electrons. The van der Waals surface area contributed by atoms with Crippen molar-refractivity contribution in [2.45, 2.75) is 12.8 Å². The molecule has 6 nitrogen and oxygen atoms in total. The number of rotatable bonds is 4. The number of methoxy groups -OCH3 is 1. The zero-order chi connectivity index (χ0) is 17.4. The van der Waals surface area contributed by atoms with E-state index in [0.29, 0.717) is 32.8 Å². The summed E-state index contributed by atoms with van der Waals surface area (Å²) in [5.41, 5.74) is 0.699. The summed E-state index contributed by atoms with van der Waals surface area (Å²) >= 11 is 1.52. The van der Waals surface area contributed by atoms with Gasteiger partial charge < -0.3 is 9.64 Å². The third kappa shape index (κ3) is 3.37. The van der Waals surface area contributed by atoms with Crippen LogP contribution in [0.2, 0.25) is 0 Å². The predicted octanol–water partition coefficient (Wildman–Crippen LogP) is 1.51. The van der Waals surface area contributed by atoms with Crippen LogP contribution in [-0.2, 0) is 14.8 Å². The van der Waals surface area contributed by atoms with E-state index in [4.69, 9.17) is 4.74 Å². The van der Waals surface area contributed by atoms with Gasteiger partial charge in [0.05, 0.1) is 18.4 Å². The average molecular weight is 373 g/mol. The predicted molar refractivity (Wildman–Crippen MR) is 93.7 cm³/mol. The van der Waals surface area contributed by atoms with Crippen LogP contribution in [0.15, 0.2) is 16.8 Å². The second-order valence-electron chi connectivity index (χ2n) is 6.87. The highest BCUT2D eigenvalue weighted by atomic mass is 32.2. The number of sulfonamides is 1. The first kappa shape index (κ1) is 17.8. The van der Waals surface area contributed by atoms with Crippen LogP contribution >= 0.6 is 11.3 Å². The maximum absolute atomic E-state index is 12.7. The Bertz CT molecular complexity index is 679. The fraction of sp³-hybridized carbons (Fsp3) is 0.688. The Hall–Kier alpha value is -0.960. The molecule has 3 rings (SSSR count). The molecule has 8 heteroatoms. The van der Waals surface area contributed by atoms with E-state index < -0.39 is 10.0 Å². The van der Waals surface area contributed by atoms with Crippen LogP contribution in [-0.4, -0.2) is 69.7 Å². The van der Waals surface area contributed by atoms with Crippen molar-refractivity contribution in [3.63, 3.8) is 0 Å². The van der Waals surface area contributed by atoms with Crippen molar-refractivity contribution in [2.24, 2.45) is 11.3 Å². The lowest BCUT2D eigenvalue weighted by Gasteiger charge is -2.41. The molecule has 2 aliphatic rings. The Kier molecular flexibility index (Phi) is 5.01. The summed E-state index contributed by atoms with van der Waals surface area (Å²) in [6.45, 7) is 3.03. The molecule has 0 unspecified atom stereocenters. The number of likely N-dealkylation sites (tertiary alicyclic amines) is 1. The first-order chi connectivity index (χ1) is 11.4. The van der Waals surface area contributed by atoms with Crippen molar-refractivity contribution in [1.82, 2.24) is 9.21 Å². The molecule has 2 saturated heterocycles. The van der Waals surface area contributed by atoms with Gasteiger partial charge in [-0.15, -0.1) is 0 Å². The number of amides is 1. The van der Waals surface area contributed by atoms with E-state index in [0.717, 1.165) is 18.4 Å². The van der Waals surface area contributed by atoms with Crippen molar-refractivity contribution in [3.8, 4) is 0 Å². The zero-order valence-corrected chi connectivity index (χ0v) is 15.7. The monoisotopic (exact) mass is 372 g/mol. The van der Waals surface area contributed by atoms with E-state index in [2.05, 4.69) is 0 Å². The number of nitrogens with zero attached hydrogens (tertiary/aromatic N) is 2. The third-order valence-corrected chi connectivity index (χ3v) is 7.41. The summed E-state index contributed by atoms with van der Waals surface area (Å²) in [6, 6.07) is 1.86. The van der Waals surface area contributed by atoms with Gasteiger partial charge in [0.1, 0.15) is 0 Å². The van der Waals surface area contributed by atoms with Gasteiger partial charge in [0, 0.05) is 44.6 Å². The van der Waals surface area contributed by atoms with Gasteiger partial charge in [-0.05, 0) is 29.7 Å². The molecule has 0 N–H and O–H groups in total. The lowest BCUT2D eigenvalue weighted by molar-refractivity contribution is 0.0561. The zero-order valence-electron chi connectivity index (χ0n) is 14.1. The van der Waals surface area contributed by atoms with Gasteiger partial charge in [-0.25, -0.2) is 12.7 Å². The van der Waals surface area contributed by atoms with E-state index in [-0.39, 0.29) is 17.2 Å². The molecule has 0 saturated carbocycles. The Balaban J connectivity index is 1.76. The van der Waals surface area contributed by atoms with Crippen LogP contribution in [0.1, 0.15) is 23.2 Å². The molecule has 0 radical (unpaired) electrons. The molecule has 2 aliphatic heterocycles. The minimum Gasteiger partial charge on any atom is -0.384 e. The maximum atomic E-state index is 12.7. The van der Waals surface area contributed by atoms with Crippen LogP contribution < -0.4 is 0 Å². The summed E-state index contributed by atoms with van der Waals surface area (Å²) in [6.07, 6.45) is 2.82. The number of carbonyl (C=O) groups excluding carboxylic acids is 1. The molecule has 1 aromatic rings. The van der Waals surface area contributed by atoms with Crippen LogP contribution in [0.4, 0.5) is 0 Å². The molecule has 0 bridgehead atoms. The number of piperidine rings is 1. The maximum Gasteiger partial charge on any atom is 0.254 e. The van der Waals surface area contributed by atoms with Crippen molar-refractivity contribution in [2.75, 3.05) is 46.2 Å². The Morgan fingerprint density at radius 2 is 2.12 bits per heavy atom. The summed E-state index contributed by atoms with van der Waals surface area (Å²) in [7, 11) is -1.46. The van der Waals surface area contributed by atoms with Gasteiger partial charge in [0.25, 0.3) is 5.91 Å². The topological polar surface area (TPSA) is 66.9 Å². The molecule has 0 aromatic carbocycles. The van der Waals surface area contributed by atoms with E-state index in [1.807, 2.05) is 21.7 Å². The summed E-state index contributed by atoms with van der Waals surface area (Å²) in [5.74, 6) is 0.326. The van der Waals surface area contributed by atoms with E-state index >= 15 is 0 Å². The van der Waals surface area contributed by atoms with Crippen molar-refractivity contribution in [3.05, 3.63) is 22.4 Å². The standard InChI is InChI=1S/C16H24N2O4S2/c1-22-10-14-9-17(15(19)13-3-8-23-11-13)12-16(14)4-6-18(7-5-16)24(2,20)21/h3,8,11,14H,4-7,9-10,12H2,1-2H3/t14-/m1/s1. The molecule has 1 spiro atoms. The lowest BCUT2D eigenvalue weighted by atomic mass is 9.71. The second kappa shape index (κ2) is 6.74. The van der Waals surface area contributed by atoms with E-state index in [9.17, 15) is 13.2 Å². The van der Waals surface area contributed by atoms with Crippen LogP contribution in [0.25, 0.3) is 0 Å². The SMILES string of the molecule is COC[C@H]1CN(C(=O)c2ccsc2)CC12CCN(S(C)(=O)=O)CC2. The molecule has 0 aliphatic carbocycles. The van der Waals surface area contributed by atoms with Crippen molar-refractivity contribution in [1.29, 1.82) is 0 Å². The molecule has 1 amide bonds. The highest BCUT2D eigenvalue weighted by molar-refractivity contribution is 7.88. The Labute approximate surface area is 147 Å². The Morgan fingerprint density at radius 1 is 1.42 bits per heavy atom. The molecule has 3 heterocycles. The molecule has 24 heavy (non-hydrogen) atoms. The summed E-state index contributed by atoms with van der Waals surface area (Å²) in [5, 5.41) is 3.79. The minimum absolute atomic E-state index is 0.0388. The number of thiophene rings is 1.